The Bertz CT molecular complexity index is 689. The second kappa shape index (κ2) is 6.05. The fourth-order valence-electron chi connectivity index (χ4n) is 3.13. The summed E-state index contributed by atoms with van der Waals surface area (Å²) in [5.74, 6) is 1.51. The fourth-order valence-corrected chi connectivity index (χ4v) is 3.30. The van der Waals surface area contributed by atoms with Gasteiger partial charge in [-0.2, -0.15) is 5.26 Å². The minimum Gasteiger partial charge on any atom is -0.378 e. The van der Waals surface area contributed by atoms with Crippen LogP contribution in [0.3, 0.4) is 0 Å². The van der Waals surface area contributed by atoms with Gasteiger partial charge in [0, 0.05) is 24.9 Å². The first-order chi connectivity index (χ1) is 10.2. The first-order valence-corrected chi connectivity index (χ1v) is 7.85. The van der Waals surface area contributed by atoms with Gasteiger partial charge in [-0.3, -0.25) is 0 Å². The van der Waals surface area contributed by atoms with Crippen molar-refractivity contribution in [1.82, 2.24) is 9.55 Å². The topological polar surface area (TPSA) is 50.8 Å². The maximum Gasteiger partial charge on any atom is 0.111 e. The molecule has 1 saturated heterocycles. The van der Waals surface area contributed by atoms with Crippen molar-refractivity contribution in [2.75, 3.05) is 12.5 Å². The third-order valence-electron chi connectivity index (χ3n) is 4.05. The summed E-state index contributed by atoms with van der Waals surface area (Å²) in [5, 5.41) is 9.27. The van der Waals surface area contributed by atoms with E-state index in [2.05, 4.69) is 22.5 Å². The van der Waals surface area contributed by atoms with Crippen molar-refractivity contribution in [1.29, 1.82) is 5.26 Å². The average Bonchev–Trinajstić information content (AvgIpc) is 2.85. The van der Waals surface area contributed by atoms with Crippen LogP contribution >= 0.6 is 11.6 Å². The molecule has 3 rings (SSSR count). The fraction of sp³-hybridized carbons (Fsp3) is 0.500. The van der Waals surface area contributed by atoms with E-state index in [4.69, 9.17) is 16.3 Å². The van der Waals surface area contributed by atoms with Gasteiger partial charge >= 0.3 is 0 Å². The van der Waals surface area contributed by atoms with Crippen molar-refractivity contribution in [3.63, 3.8) is 0 Å². The Kier molecular flexibility index (Phi) is 4.14. The van der Waals surface area contributed by atoms with Gasteiger partial charge < -0.3 is 9.30 Å². The molecular weight excluding hydrogens is 286 g/mol. The van der Waals surface area contributed by atoms with Crippen molar-refractivity contribution in [3.8, 4) is 6.07 Å². The van der Waals surface area contributed by atoms with Crippen LogP contribution in [0.4, 0.5) is 0 Å². The maximum absolute atomic E-state index is 9.27. The molecule has 1 aromatic heterocycles. The van der Waals surface area contributed by atoms with Crippen molar-refractivity contribution < 1.29 is 4.74 Å². The largest absolute Gasteiger partial charge is 0.378 e. The SMILES string of the molecule is CC1CC(n2c(CCCl)nc3c(C#N)cccc32)CCO1. The zero-order valence-electron chi connectivity index (χ0n) is 12.1. The molecule has 0 N–H and O–H groups in total. The van der Waals surface area contributed by atoms with Crippen molar-refractivity contribution in [3.05, 3.63) is 29.6 Å². The van der Waals surface area contributed by atoms with E-state index >= 15 is 0 Å². The molecule has 1 fully saturated rings. The molecule has 2 aromatic rings. The highest BCUT2D eigenvalue weighted by Gasteiger charge is 2.25. The number of nitriles is 1. The lowest BCUT2D eigenvalue weighted by molar-refractivity contribution is 0.00625. The molecule has 21 heavy (non-hydrogen) atoms. The van der Waals surface area contributed by atoms with Crippen LogP contribution < -0.4 is 0 Å². The van der Waals surface area contributed by atoms with Crippen LogP contribution in [-0.4, -0.2) is 28.1 Å². The average molecular weight is 304 g/mol. The van der Waals surface area contributed by atoms with E-state index in [-0.39, 0.29) is 6.10 Å². The number of nitrogens with zero attached hydrogens (tertiary/aromatic N) is 3. The number of alkyl halides is 1. The minimum absolute atomic E-state index is 0.254. The summed E-state index contributed by atoms with van der Waals surface area (Å²) < 4.78 is 7.93. The second-order valence-electron chi connectivity index (χ2n) is 5.48. The number of benzene rings is 1. The van der Waals surface area contributed by atoms with Crippen LogP contribution in [0.5, 0.6) is 0 Å². The number of aryl methyl sites for hydroxylation is 1. The van der Waals surface area contributed by atoms with E-state index in [0.29, 0.717) is 23.9 Å². The molecule has 5 heteroatoms. The molecule has 110 valence electrons. The number of hydrogen-bond acceptors (Lipinski definition) is 3. The summed E-state index contributed by atoms with van der Waals surface area (Å²) in [6.07, 6.45) is 2.91. The number of fused-ring (bicyclic) bond motifs is 1. The summed E-state index contributed by atoms with van der Waals surface area (Å²) in [6.45, 7) is 2.87. The van der Waals surface area contributed by atoms with Gasteiger partial charge in [-0.05, 0) is 31.9 Å². The number of imidazole rings is 1. The molecule has 0 radical (unpaired) electrons. The number of ether oxygens (including phenoxy) is 1. The van der Waals surface area contributed by atoms with Crippen LogP contribution in [0.15, 0.2) is 18.2 Å². The predicted molar refractivity (Wildman–Crippen MR) is 82.6 cm³/mol. The second-order valence-corrected chi connectivity index (χ2v) is 5.86. The molecule has 1 aliphatic heterocycles. The molecule has 1 aromatic carbocycles. The number of hydrogen-bond donors (Lipinski definition) is 0. The number of rotatable bonds is 3. The van der Waals surface area contributed by atoms with E-state index < -0.39 is 0 Å². The standard InChI is InChI=1S/C16H18ClN3O/c1-11-9-13(6-8-21-11)20-14-4-2-3-12(10-18)16(14)19-15(20)5-7-17/h2-4,11,13H,5-9H2,1H3. The molecule has 0 aliphatic carbocycles. The molecule has 1 aliphatic rings. The quantitative estimate of drug-likeness (QED) is 0.816. The predicted octanol–water partition coefficient (Wildman–Crippen LogP) is 3.43. The summed E-state index contributed by atoms with van der Waals surface area (Å²) >= 11 is 5.93. The van der Waals surface area contributed by atoms with Crippen molar-refractivity contribution in [2.24, 2.45) is 0 Å². The first-order valence-electron chi connectivity index (χ1n) is 7.32. The molecular formula is C16H18ClN3O. The van der Waals surface area contributed by atoms with Crippen molar-refractivity contribution in [2.45, 2.75) is 38.3 Å². The van der Waals surface area contributed by atoms with Crippen LogP contribution in [0.1, 0.15) is 37.2 Å². The number of aromatic nitrogens is 2. The lowest BCUT2D eigenvalue weighted by atomic mass is 10.0. The maximum atomic E-state index is 9.27. The highest BCUT2D eigenvalue weighted by Crippen LogP contribution is 2.31. The van der Waals surface area contributed by atoms with Crippen LogP contribution in [-0.2, 0) is 11.2 Å². The molecule has 0 spiro atoms. The molecule has 0 bridgehead atoms. The summed E-state index contributed by atoms with van der Waals surface area (Å²) in [6, 6.07) is 8.38. The molecule has 0 saturated carbocycles. The van der Waals surface area contributed by atoms with Gasteiger partial charge in [0.25, 0.3) is 0 Å². The van der Waals surface area contributed by atoms with Gasteiger partial charge in [0.05, 0.1) is 17.2 Å². The highest BCUT2D eigenvalue weighted by atomic mass is 35.5. The monoisotopic (exact) mass is 303 g/mol. The Morgan fingerprint density at radius 2 is 2.38 bits per heavy atom. The van der Waals surface area contributed by atoms with E-state index in [1.807, 2.05) is 18.2 Å². The van der Waals surface area contributed by atoms with Crippen LogP contribution in [0.25, 0.3) is 11.0 Å². The van der Waals surface area contributed by atoms with Gasteiger partial charge in [-0.15, -0.1) is 11.6 Å². The molecule has 2 heterocycles. The van der Waals surface area contributed by atoms with E-state index in [1.54, 1.807) is 0 Å². The lowest BCUT2D eigenvalue weighted by Gasteiger charge is -2.29. The van der Waals surface area contributed by atoms with E-state index in [0.717, 1.165) is 36.3 Å². The number of para-hydroxylation sites is 1. The van der Waals surface area contributed by atoms with E-state index in [1.165, 1.54) is 0 Å². The third kappa shape index (κ3) is 2.64. The molecule has 4 nitrogen and oxygen atoms in total. The highest BCUT2D eigenvalue weighted by molar-refractivity contribution is 6.17. The lowest BCUT2D eigenvalue weighted by Crippen LogP contribution is -2.26. The van der Waals surface area contributed by atoms with Gasteiger partial charge in [0.15, 0.2) is 0 Å². The van der Waals surface area contributed by atoms with Crippen LogP contribution in [0.2, 0.25) is 0 Å². The Morgan fingerprint density at radius 1 is 1.52 bits per heavy atom. The van der Waals surface area contributed by atoms with Crippen LogP contribution in [0, 0.1) is 11.3 Å². The Labute approximate surface area is 129 Å². The van der Waals surface area contributed by atoms with Gasteiger partial charge in [-0.1, -0.05) is 6.07 Å². The van der Waals surface area contributed by atoms with Gasteiger partial charge in [-0.25, -0.2) is 4.98 Å². The first kappa shape index (κ1) is 14.4. The normalized spacial score (nSPS) is 22.3. The zero-order valence-corrected chi connectivity index (χ0v) is 12.8. The Balaban J connectivity index is 2.14. The smallest absolute Gasteiger partial charge is 0.111 e. The van der Waals surface area contributed by atoms with Gasteiger partial charge in [0.2, 0.25) is 0 Å². The molecule has 2 unspecified atom stereocenters. The Hall–Kier alpha value is -1.57. The van der Waals surface area contributed by atoms with Crippen molar-refractivity contribution >= 4 is 22.6 Å². The molecule has 2 atom stereocenters. The molecule has 0 amide bonds. The van der Waals surface area contributed by atoms with Gasteiger partial charge in [0.1, 0.15) is 17.4 Å². The summed E-state index contributed by atoms with van der Waals surface area (Å²) in [7, 11) is 0. The Morgan fingerprint density at radius 3 is 3.10 bits per heavy atom. The van der Waals surface area contributed by atoms with E-state index in [9.17, 15) is 5.26 Å². The summed E-state index contributed by atoms with van der Waals surface area (Å²) in [4.78, 5) is 4.69. The number of halogens is 1. The zero-order chi connectivity index (χ0) is 14.8. The third-order valence-corrected chi connectivity index (χ3v) is 4.24. The summed E-state index contributed by atoms with van der Waals surface area (Å²) in [5.41, 5.74) is 2.45. The minimum atomic E-state index is 0.254.